The third-order valence-electron chi connectivity index (χ3n) is 22.4. The minimum Gasteiger partial charge on any atom is -0.399 e. The molecule has 0 aromatic heterocycles. The fourth-order valence-corrected chi connectivity index (χ4v) is 14.8. The molecule has 0 aliphatic heterocycles. The van der Waals surface area contributed by atoms with Crippen molar-refractivity contribution in [3.05, 3.63) is 516 Å². The third-order valence-corrected chi connectivity index (χ3v) is 23.0. The van der Waals surface area contributed by atoms with E-state index >= 15 is 0 Å². The standard InChI is InChI=1S/2C22H16F2.C20H12F6O.C19H12ClF3.C19H13ClF2.C19H12F4.6CH4/c1-15-3-9-18(10-4-15)19-12-6-17(7-13-19)8-14-20-11-5-16(2)21(23)22(20)24;1-15-3-8-18(9-4-15)19-10-5-17(6-11-19)7-12-20-21(23)13-16(2)14-22(20)24;1-11-2-4-12(5-3-11)13-6-7-15(16(21)8-13)14-9-17(22)19(18(23)10-14)27-20(24,25)26;1-11-2-4-12(5-3-11)13-6-7-15(16(21)8-13)14-9-17(22)19(20)18(23)10-14;1-12-2-4-13(5-3-12)16-8-6-14(10-18(16)21)17-9-7-15(20)11-19(17)22;1-11-2-4-12(5-3-11)13-6-7-15(16(20)8-13)14-9-17(21)19(23)18(22)10-14;;;;;;/h3-7,9-13H,1-2H3;3-6,8-11,13-14H,1-2H3;2-10H,1H3;2-10H,1H3;2-11H,1H3;2-10H,1H3;6*1H4. The molecule has 1 nitrogen and oxygen atoms in total. The van der Waals surface area contributed by atoms with Crippen LogP contribution in [-0.2, 0) is 0 Å². The maximum absolute atomic E-state index is 14.5. The third kappa shape index (κ3) is 31.8. The van der Waals surface area contributed by atoms with Gasteiger partial charge in [0.05, 0.1) is 11.1 Å². The highest BCUT2D eigenvalue weighted by atomic mass is 35.5. The van der Waals surface area contributed by atoms with Gasteiger partial charge in [0.15, 0.2) is 40.7 Å². The van der Waals surface area contributed by atoms with Gasteiger partial charge in [0.2, 0.25) is 5.75 Å². The molecular formula is C127H105Cl2F19O. The van der Waals surface area contributed by atoms with Crippen LogP contribution in [0.15, 0.2) is 346 Å². The van der Waals surface area contributed by atoms with E-state index in [2.05, 4.69) is 83.9 Å². The van der Waals surface area contributed by atoms with E-state index in [1.165, 1.54) is 90.8 Å². The summed E-state index contributed by atoms with van der Waals surface area (Å²) in [5, 5.41) is -0.275. The number of aryl methyl sites for hydroxylation is 8. The second-order valence-corrected chi connectivity index (χ2v) is 34.1. The Hall–Kier alpha value is -15.9. The molecule has 0 spiro atoms. The fourth-order valence-electron chi connectivity index (χ4n) is 14.6. The number of ether oxygens (including phenoxy) is 1. The lowest BCUT2D eigenvalue weighted by molar-refractivity contribution is -0.276. The number of benzene rings is 18. The zero-order valence-electron chi connectivity index (χ0n) is 77.3. The maximum Gasteiger partial charge on any atom is 0.573 e. The highest BCUT2D eigenvalue weighted by molar-refractivity contribution is 6.31. The van der Waals surface area contributed by atoms with Crippen molar-refractivity contribution in [2.24, 2.45) is 0 Å². The Morgan fingerprint density at radius 1 is 0.201 bits per heavy atom. The molecule has 0 amide bonds. The Kier molecular flexibility index (Phi) is 43.5. The van der Waals surface area contributed by atoms with Crippen molar-refractivity contribution >= 4 is 23.2 Å². The number of rotatable bonds is 11. The molecular weight excluding hydrogens is 1970 g/mol. The first-order valence-electron chi connectivity index (χ1n) is 43.9. The first kappa shape index (κ1) is 120. The summed E-state index contributed by atoms with van der Waals surface area (Å²) >= 11 is 11.2. The molecule has 0 aliphatic carbocycles. The summed E-state index contributed by atoms with van der Waals surface area (Å²) < 4.78 is 261. The molecule has 0 unspecified atom stereocenters. The molecule has 0 aliphatic rings. The summed E-state index contributed by atoms with van der Waals surface area (Å²) in [7, 11) is 0. The first-order chi connectivity index (χ1) is 68.1. The van der Waals surface area contributed by atoms with Crippen LogP contribution in [-0.4, -0.2) is 6.36 Å². The second kappa shape index (κ2) is 54.0. The van der Waals surface area contributed by atoms with Crippen molar-refractivity contribution in [3.8, 4) is 141 Å². The molecule has 0 fully saturated rings. The van der Waals surface area contributed by atoms with Crippen LogP contribution in [0.25, 0.3) is 111 Å². The van der Waals surface area contributed by atoms with E-state index in [4.69, 9.17) is 23.2 Å². The van der Waals surface area contributed by atoms with E-state index in [1.54, 1.807) is 61.5 Å². The average Bonchev–Trinajstić information content (AvgIpc) is 0.808. The first-order valence-corrected chi connectivity index (χ1v) is 44.7. The number of hydrogen-bond donors (Lipinski definition) is 0. The molecule has 18 aromatic carbocycles. The summed E-state index contributed by atoms with van der Waals surface area (Å²) in [5.41, 5.74) is 19.6. The zero-order valence-corrected chi connectivity index (χ0v) is 78.8. The predicted molar refractivity (Wildman–Crippen MR) is 572 cm³/mol. The molecule has 18 aromatic rings. The Morgan fingerprint density at radius 2 is 0.456 bits per heavy atom. The van der Waals surface area contributed by atoms with Crippen molar-refractivity contribution < 1.29 is 88.2 Å². The van der Waals surface area contributed by atoms with Crippen LogP contribution in [0.1, 0.15) is 111 Å². The molecule has 0 atom stereocenters. The summed E-state index contributed by atoms with van der Waals surface area (Å²) in [4.78, 5) is 0. The number of halogens is 21. The highest BCUT2D eigenvalue weighted by Gasteiger charge is 2.35. The van der Waals surface area contributed by atoms with Gasteiger partial charge in [0.1, 0.15) is 57.4 Å². The minimum absolute atomic E-state index is 0. The van der Waals surface area contributed by atoms with Gasteiger partial charge in [0.25, 0.3) is 0 Å². The van der Waals surface area contributed by atoms with Crippen LogP contribution in [0.2, 0.25) is 10.0 Å². The minimum atomic E-state index is -5.25. The summed E-state index contributed by atoms with van der Waals surface area (Å²) in [6, 6.07) is 94.4. The highest BCUT2D eigenvalue weighted by Crippen LogP contribution is 2.39. The van der Waals surface area contributed by atoms with Gasteiger partial charge >= 0.3 is 6.36 Å². The van der Waals surface area contributed by atoms with Crippen LogP contribution in [0.3, 0.4) is 0 Å². The van der Waals surface area contributed by atoms with Crippen molar-refractivity contribution in [2.45, 2.75) is 106 Å². The lowest BCUT2D eigenvalue weighted by atomic mass is 9.99. The molecule has 22 heteroatoms. The van der Waals surface area contributed by atoms with Crippen molar-refractivity contribution in [3.63, 3.8) is 0 Å². The Labute approximate surface area is 868 Å². The van der Waals surface area contributed by atoms with E-state index in [9.17, 15) is 83.4 Å². The second-order valence-electron chi connectivity index (χ2n) is 33.2. The molecule has 0 saturated heterocycles. The van der Waals surface area contributed by atoms with Gasteiger partial charge in [0, 0.05) is 44.0 Å². The van der Waals surface area contributed by atoms with Gasteiger partial charge in [-0.2, -0.15) is 0 Å². The van der Waals surface area contributed by atoms with Crippen LogP contribution < -0.4 is 4.74 Å². The smallest absolute Gasteiger partial charge is 0.399 e. The topological polar surface area (TPSA) is 9.23 Å². The normalized spacial score (nSPS) is 10.3. The summed E-state index contributed by atoms with van der Waals surface area (Å²) in [6.07, 6.45) is -5.25. The lowest BCUT2D eigenvalue weighted by Crippen LogP contribution is -2.19. The quantitative estimate of drug-likeness (QED) is 0.0712. The van der Waals surface area contributed by atoms with Crippen molar-refractivity contribution in [1.82, 2.24) is 0 Å². The molecule has 149 heavy (non-hydrogen) atoms. The average molecular weight is 2080 g/mol. The predicted octanol–water partition coefficient (Wildman–Crippen LogP) is 40.3. The molecule has 0 N–H and O–H groups in total. The van der Waals surface area contributed by atoms with Crippen LogP contribution in [0.5, 0.6) is 5.75 Å². The lowest BCUT2D eigenvalue weighted by Gasteiger charge is -2.12. The van der Waals surface area contributed by atoms with E-state index in [-0.39, 0.29) is 100 Å². The Balaban J connectivity index is 0.000000240. The summed E-state index contributed by atoms with van der Waals surface area (Å²) in [6.45, 7) is 15.1. The van der Waals surface area contributed by atoms with Gasteiger partial charge in [-0.25, -0.2) is 70.2 Å². The number of hydrogen-bond acceptors (Lipinski definition) is 1. The van der Waals surface area contributed by atoms with E-state index in [0.29, 0.717) is 61.7 Å². The molecule has 18 rings (SSSR count). The molecule has 0 saturated carbocycles. The fraction of sp³-hybridized carbons (Fsp3) is 0.118. The Morgan fingerprint density at radius 3 is 0.785 bits per heavy atom. The van der Waals surface area contributed by atoms with E-state index < -0.39 is 104 Å². The van der Waals surface area contributed by atoms with E-state index in [0.717, 1.165) is 96.6 Å². The van der Waals surface area contributed by atoms with Gasteiger partial charge in [-0.15, -0.1) is 13.2 Å². The van der Waals surface area contributed by atoms with Crippen LogP contribution in [0, 0.1) is 172 Å². The maximum atomic E-state index is 14.5. The summed E-state index contributed by atoms with van der Waals surface area (Å²) in [5.74, 6) is -5.61. The molecule has 0 bridgehead atoms. The van der Waals surface area contributed by atoms with Gasteiger partial charge < -0.3 is 4.74 Å². The molecule has 0 heterocycles. The molecule has 766 valence electrons. The Bertz CT molecular complexity index is 7540. The van der Waals surface area contributed by atoms with Crippen molar-refractivity contribution in [1.29, 1.82) is 0 Å². The molecule has 0 radical (unpaired) electrons. The van der Waals surface area contributed by atoms with Gasteiger partial charge in [-0.1, -0.05) is 349 Å². The SMILES string of the molecule is C.C.C.C.C.C.Cc1ccc(-c2ccc(-c3cc(F)c(Cl)c(F)c3)c(F)c2)cc1.Cc1ccc(-c2ccc(-c3cc(F)c(F)c(F)c3)c(F)c2)cc1.Cc1ccc(-c2ccc(-c3cc(F)c(OC(F)(F)F)c(F)c3)c(F)c2)cc1.Cc1ccc(-c2ccc(-c3ccc(Cl)cc3F)cc2F)cc1.Cc1ccc(-c2ccc(C#Cc3c(F)cc(C)cc3F)cc2)cc1.Cc1ccc(-c2ccc(C#Cc3ccc(C)c(F)c3F)cc2)cc1. The zero-order chi connectivity index (χ0) is 103. The van der Waals surface area contributed by atoms with Gasteiger partial charge in [-0.3, -0.25) is 0 Å². The largest absolute Gasteiger partial charge is 0.573 e. The van der Waals surface area contributed by atoms with Crippen LogP contribution in [0.4, 0.5) is 83.4 Å². The van der Waals surface area contributed by atoms with Gasteiger partial charge in [-0.05, 0) is 271 Å². The van der Waals surface area contributed by atoms with E-state index in [1.807, 2.05) is 168 Å². The van der Waals surface area contributed by atoms with Crippen molar-refractivity contribution in [2.75, 3.05) is 0 Å². The monoisotopic (exact) mass is 2080 g/mol. The number of alkyl halides is 3. The van der Waals surface area contributed by atoms with Crippen LogP contribution >= 0.6 is 23.2 Å².